The van der Waals surface area contributed by atoms with Gasteiger partial charge in [0, 0.05) is 12.5 Å². The molecule has 0 bridgehead atoms. The van der Waals surface area contributed by atoms with Crippen LogP contribution in [-0.2, 0) is 13.5 Å². The third kappa shape index (κ3) is 6.11. The lowest BCUT2D eigenvalue weighted by atomic mass is 10.1. The van der Waals surface area contributed by atoms with Crippen molar-refractivity contribution in [3.05, 3.63) is 5.82 Å². The highest BCUT2D eigenvalue weighted by atomic mass is 15.6. The SMILES string of the molecule is CCCNC(CCN(CC)CC)Cc1nnn(C)n1. The van der Waals surface area contributed by atoms with E-state index in [9.17, 15) is 0 Å². The van der Waals surface area contributed by atoms with Crippen molar-refractivity contribution in [2.45, 2.75) is 46.1 Å². The van der Waals surface area contributed by atoms with Crippen molar-refractivity contribution in [1.82, 2.24) is 30.4 Å². The Morgan fingerprint density at radius 1 is 1.26 bits per heavy atom. The number of nitrogens with one attached hydrogen (secondary N) is 1. The fourth-order valence-corrected chi connectivity index (χ4v) is 2.13. The highest BCUT2D eigenvalue weighted by Gasteiger charge is 2.13. The van der Waals surface area contributed by atoms with E-state index in [2.05, 4.69) is 46.4 Å². The largest absolute Gasteiger partial charge is 0.313 e. The van der Waals surface area contributed by atoms with Gasteiger partial charge in [-0.1, -0.05) is 20.8 Å². The molecule has 0 saturated heterocycles. The standard InChI is InChI=1S/C13H28N6/c1-5-9-14-12(8-10-19(6-2)7-3)11-13-15-17-18(4)16-13/h12,14H,5-11H2,1-4H3. The molecular formula is C13H28N6. The van der Waals surface area contributed by atoms with Crippen LogP contribution in [0.15, 0.2) is 0 Å². The van der Waals surface area contributed by atoms with Crippen molar-refractivity contribution in [2.75, 3.05) is 26.2 Å². The van der Waals surface area contributed by atoms with Crippen LogP contribution in [0.1, 0.15) is 39.4 Å². The minimum Gasteiger partial charge on any atom is -0.313 e. The summed E-state index contributed by atoms with van der Waals surface area (Å²) in [5.41, 5.74) is 0. The van der Waals surface area contributed by atoms with Gasteiger partial charge in [-0.15, -0.1) is 10.2 Å². The summed E-state index contributed by atoms with van der Waals surface area (Å²) in [5.74, 6) is 0.829. The van der Waals surface area contributed by atoms with Crippen LogP contribution in [0, 0.1) is 0 Å². The Morgan fingerprint density at radius 2 is 2.00 bits per heavy atom. The first-order valence-corrected chi connectivity index (χ1v) is 7.38. The molecule has 0 radical (unpaired) electrons. The van der Waals surface area contributed by atoms with Crippen molar-refractivity contribution in [3.8, 4) is 0 Å². The molecule has 6 heteroatoms. The molecule has 1 N–H and O–H groups in total. The van der Waals surface area contributed by atoms with Gasteiger partial charge in [-0.05, 0) is 44.2 Å². The van der Waals surface area contributed by atoms with E-state index < -0.39 is 0 Å². The van der Waals surface area contributed by atoms with E-state index in [1.54, 1.807) is 7.05 Å². The molecule has 0 aliphatic rings. The van der Waals surface area contributed by atoms with Crippen LogP contribution in [0.25, 0.3) is 0 Å². The highest BCUT2D eigenvalue weighted by Crippen LogP contribution is 2.02. The minimum absolute atomic E-state index is 0.435. The van der Waals surface area contributed by atoms with E-state index in [4.69, 9.17) is 0 Å². The van der Waals surface area contributed by atoms with Gasteiger partial charge in [0.2, 0.25) is 0 Å². The summed E-state index contributed by atoms with van der Waals surface area (Å²) in [6.45, 7) is 11.0. The maximum absolute atomic E-state index is 4.27. The Labute approximate surface area is 116 Å². The van der Waals surface area contributed by atoms with E-state index in [1.165, 1.54) is 4.80 Å². The second-order valence-corrected chi connectivity index (χ2v) is 4.87. The second-order valence-electron chi connectivity index (χ2n) is 4.87. The minimum atomic E-state index is 0.435. The number of tetrazole rings is 1. The van der Waals surface area contributed by atoms with Gasteiger partial charge in [0.1, 0.15) is 0 Å². The topological polar surface area (TPSA) is 58.9 Å². The van der Waals surface area contributed by atoms with Crippen molar-refractivity contribution < 1.29 is 0 Å². The summed E-state index contributed by atoms with van der Waals surface area (Å²) in [5, 5.41) is 15.8. The van der Waals surface area contributed by atoms with Gasteiger partial charge in [-0.3, -0.25) is 0 Å². The Balaban J connectivity index is 2.46. The molecule has 0 amide bonds. The number of rotatable bonds is 10. The average Bonchev–Trinajstić information content (AvgIpc) is 2.82. The van der Waals surface area contributed by atoms with E-state index in [-0.39, 0.29) is 0 Å². The van der Waals surface area contributed by atoms with Gasteiger partial charge < -0.3 is 10.2 Å². The van der Waals surface area contributed by atoms with E-state index in [0.717, 1.165) is 51.3 Å². The smallest absolute Gasteiger partial charge is 0.176 e. The van der Waals surface area contributed by atoms with Crippen LogP contribution >= 0.6 is 0 Å². The molecule has 0 aliphatic heterocycles. The molecule has 1 aromatic heterocycles. The first-order valence-electron chi connectivity index (χ1n) is 7.38. The Morgan fingerprint density at radius 3 is 2.53 bits per heavy atom. The van der Waals surface area contributed by atoms with Gasteiger partial charge in [0.05, 0.1) is 7.05 Å². The number of nitrogens with zero attached hydrogens (tertiary/aromatic N) is 5. The summed E-state index contributed by atoms with van der Waals surface area (Å²) in [7, 11) is 1.81. The van der Waals surface area contributed by atoms with Crippen molar-refractivity contribution in [2.24, 2.45) is 7.05 Å². The zero-order valence-corrected chi connectivity index (χ0v) is 12.8. The zero-order chi connectivity index (χ0) is 14.1. The van der Waals surface area contributed by atoms with Gasteiger partial charge >= 0.3 is 0 Å². The molecular weight excluding hydrogens is 240 g/mol. The molecule has 0 aliphatic carbocycles. The Bertz CT molecular complexity index is 334. The first-order chi connectivity index (χ1) is 9.19. The zero-order valence-electron chi connectivity index (χ0n) is 12.8. The van der Waals surface area contributed by atoms with Gasteiger partial charge in [-0.25, -0.2) is 0 Å². The molecule has 0 saturated carbocycles. The normalized spacial score (nSPS) is 13.1. The lowest BCUT2D eigenvalue weighted by Gasteiger charge is -2.22. The molecule has 19 heavy (non-hydrogen) atoms. The summed E-state index contributed by atoms with van der Waals surface area (Å²) in [6, 6.07) is 0.435. The molecule has 0 aromatic carbocycles. The van der Waals surface area contributed by atoms with Crippen LogP contribution in [-0.4, -0.2) is 57.3 Å². The monoisotopic (exact) mass is 268 g/mol. The Hall–Kier alpha value is -1.01. The van der Waals surface area contributed by atoms with Gasteiger partial charge in [-0.2, -0.15) is 4.80 Å². The summed E-state index contributed by atoms with van der Waals surface area (Å²) >= 11 is 0. The van der Waals surface area contributed by atoms with Crippen LogP contribution in [0.3, 0.4) is 0 Å². The number of hydrogen-bond acceptors (Lipinski definition) is 5. The maximum Gasteiger partial charge on any atom is 0.176 e. The van der Waals surface area contributed by atoms with E-state index in [1.807, 2.05) is 0 Å². The number of aryl methyl sites for hydroxylation is 1. The third-order valence-electron chi connectivity index (χ3n) is 3.35. The van der Waals surface area contributed by atoms with E-state index in [0.29, 0.717) is 6.04 Å². The second kappa shape index (κ2) is 8.98. The molecule has 1 rings (SSSR count). The molecule has 1 unspecified atom stereocenters. The van der Waals surface area contributed by atoms with Crippen LogP contribution in [0.4, 0.5) is 0 Å². The fourth-order valence-electron chi connectivity index (χ4n) is 2.13. The molecule has 0 fully saturated rings. The fraction of sp³-hybridized carbons (Fsp3) is 0.923. The maximum atomic E-state index is 4.27. The van der Waals surface area contributed by atoms with E-state index >= 15 is 0 Å². The van der Waals surface area contributed by atoms with Crippen molar-refractivity contribution in [3.63, 3.8) is 0 Å². The van der Waals surface area contributed by atoms with Crippen molar-refractivity contribution in [1.29, 1.82) is 0 Å². The molecule has 110 valence electrons. The molecule has 1 aromatic rings. The molecule has 0 spiro atoms. The summed E-state index contributed by atoms with van der Waals surface area (Å²) < 4.78 is 0. The lowest BCUT2D eigenvalue weighted by molar-refractivity contribution is 0.279. The quantitative estimate of drug-likeness (QED) is 0.682. The molecule has 6 nitrogen and oxygen atoms in total. The van der Waals surface area contributed by atoms with Crippen LogP contribution in [0.5, 0.6) is 0 Å². The number of aromatic nitrogens is 4. The number of hydrogen-bond donors (Lipinski definition) is 1. The predicted octanol–water partition coefficient (Wildman–Crippen LogP) is 0.853. The first kappa shape index (κ1) is 16.0. The average molecular weight is 268 g/mol. The van der Waals surface area contributed by atoms with Gasteiger partial charge in [0.15, 0.2) is 5.82 Å². The van der Waals surface area contributed by atoms with Crippen LogP contribution in [0.2, 0.25) is 0 Å². The van der Waals surface area contributed by atoms with Crippen molar-refractivity contribution >= 4 is 0 Å². The molecule has 1 atom stereocenters. The van der Waals surface area contributed by atoms with Gasteiger partial charge in [0.25, 0.3) is 0 Å². The highest BCUT2D eigenvalue weighted by molar-refractivity contribution is 4.85. The molecule has 1 heterocycles. The third-order valence-corrected chi connectivity index (χ3v) is 3.35. The summed E-state index contributed by atoms with van der Waals surface area (Å²) in [6.07, 6.45) is 3.13. The summed E-state index contributed by atoms with van der Waals surface area (Å²) in [4.78, 5) is 3.97. The lowest BCUT2D eigenvalue weighted by Crippen LogP contribution is -2.36. The predicted molar refractivity (Wildman–Crippen MR) is 77.0 cm³/mol. The van der Waals surface area contributed by atoms with Crippen LogP contribution < -0.4 is 5.32 Å². The Kier molecular flexibility index (Phi) is 7.59.